The number of nitrogens with zero attached hydrogens (tertiary/aromatic N) is 2. The fourth-order valence-corrected chi connectivity index (χ4v) is 3.96. The number of piperidine rings is 1. The molecule has 0 N–H and O–H groups in total. The van der Waals surface area contributed by atoms with Gasteiger partial charge in [-0.05, 0) is 24.3 Å². The van der Waals surface area contributed by atoms with E-state index < -0.39 is 0 Å². The van der Waals surface area contributed by atoms with Crippen LogP contribution in [0.1, 0.15) is 48.7 Å². The van der Waals surface area contributed by atoms with Gasteiger partial charge in [0, 0.05) is 24.0 Å². The van der Waals surface area contributed by atoms with Crippen molar-refractivity contribution in [2.24, 2.45) is 5.92 Å². The molecule has 3 rings (SSSR count). The topological polar surface area (TPSA) is 59.5 Å². The second-order valence-electron chi connectivity index (χ2n) is 6.90. The molecule has 1 amide bonds. The summed E-state index contributed by atoms with van der Waals surface area (Å²) in [6.45, 7) is 5.46. The van der Waals surface area contributed by atoms with Gasteiger partial charge < -0.3 is 9.64 Å². The number of likely N-dealkylation sites (tertiary alicyclic amines) is 1. The van der Waals surface area contributed by atoms with E-state index in [0.29, 0.717) is 37.5 Å². The Balaban J connectivity index is 1.66. The van der Waals surface area contributed by atoms with Crippen LogP contribution >= 0.6 is 11.3 Å². The highest BCUT2D eigenvalue weighted by Crippen LogP contribution is 2.27. The molecule has 1 fully saturated rings. The number of esters is 1. The summed E-state index contributed by atoms with van der Waals surface area (Å²) >= 11 is 1.49. The van der Waals surface area contributed by atoms with Gasteiger partial charge in [0.15, 0.2) is 0 Å². The number of hydrogen-bond donors (Lipinski definition) is 0. The standard InChI is InChI=1S/C20H24N2O3S/c1-13(2)14-4-6-15(7-5-14)18-21-17(12-26-18)19(23)22-10-8-16(9-11-22)20(24)25-3/h4-7,12-13,16H,8-11H2,1-3H3. The molecule has 1 aliphatic rings. The molecule has 26 heavy (non-hydrogen) atoms. The van der Waals surface area contributed by atoms with Gasteiger partial charge in [-0.1, -0.05) is 38.1 Å². The van der Waals surface area contributed by atoms with Gasteiger partial charge in [0.05, 0.1) is 13.0 Å². The molecule has 1 aromatic carbocycles. The summed E-state index contributed by atoms with van der Waals surface area (Å²) < 4.78 is 4.79. The second-order valence-corrected chi connectivity index (χ2v) is 7.76. The number of carbonyl (C=O) groups is 2. The zero-order valence-electron chi connectivity index (χ0n) is 15.4. The minimum absolute atomic E-state index is 0.0605. The van der Waals surface area contributed by atoms with E-state index in [1.807, 2.05) is 5.38 Å². The van der Waals surface area contributed by atoms with Crippen LogP contribution in [0.3, 0.4) is 0 Å². The lowest BCUT2D eigenvalue weighted by atomic mass is 9.97. The molecule has 0 atom stereocenters. The summed E-state index contributed by atoms with van der Waals surface area (Å²) in [6, 6.07) is 8.34. The van der Waals surface area contributed by atoms with Gasteiger partial charge in [-0.15, -0.1) is 11.3 Å². The van der Waals surface area contributed by atoms with Crippen LogP contribution in [0.15, 0.2) is 29.6 Å². The van der Waals surface area contributed by atoms with E-state index in [4.69, 9.17) is 4.74 Å². The fraction of sp³-hybridized carbons (Fsp3) is 0.450. The normalized spacial score (nSPS) is 15.3. The van der Waals surface area contributed by atoms with E-state index >= 15 is 0 Å². The average Bonchev–Trinajstić information content (AvgIpc) is 3.17. The molecule has 2 heterocycles. The Kier molecular flexibility index (Phi) is 5.71. The van der Waals surface area contributed by atoms with Crippen molar-refractivity contribution in [2.45, 2.75) is 32.6 Å². The Morgan fingerprint density at radius 3 is 2.42 bits per heavy atom. The third kappa shape index (κ3) is 3.96. The number of aromatic nitrogens is 1. The summed E-state index contributed by atoms with van der Waals surface area (Å²) in [5, 5.41) is 2.67. The van der Waals surface area contributed by atoms with Gasteiger partial charge in [0.25, 0.3) is 5.91 Å². The molecule has 5 nitrogen and oxygen atoms in total. The Hall–Kier alpha value is -2.21. The lowest BCUT2D eigenvalue weighted by Gasteiger charge is -2.30. The molecule has 0 radical (unpaired) electrons. The van der Waals surface area contributed by atoms with Crippen LogP contribution in [-0.2, 0) is 9.53 Å². The summed E-state index contributed by atoms with van der Waals surface area (Å²) in [4.78, 5) is 30.6. The average molecular weight is 372 g/mol. The maximum Gasteiger partial charge on any atom is 0.308 e. The monoisotopic (exact) mass is 372 g/mol. The van der Waals surface area contributed by atoms with Crippen molar-refractivity contribution in [1.29, 1.82) is 0 Å². The molecule has 6 heteroatoms. The van der Waals surface area contributed by atoms with Gasteiger partial charge in [-0.25, -0.2) is 4.98 Å². The molecular formula is C20H24N2O3S. The molecular weight excluding hydrogens is 348 g/mol. The molecule has 0 aliphatic carbocycles. The lowest BCUT2D eigenvalue weighted by Crippen LogP contribution is -2.40. The number of ether oxygens (including phenoxy) is 1. The number of thiazole rings is 1. The van der Waals surface area contributed by atoms with Gasteiger partial charge in [-0.3, -0.25) is 9.59 Å². The van der Waals surface area contributed by atoms with E-state index in [2.05, 4.69) is 43.1 Å². The predicted molar refractivity (Wildman–Crippen MR) is 102 cm³/mol. The molecule has 2 aromatic rings. The van der Waals surface area contributed by atoms with Crippen LogP contribution < -0.4 is 0 Å². The van der Waals surface area contributed by atoms with E-state index in [1.54, 1.807) is 4.90 Å². The zero-order chi connectivity index (χ0) is 18.7. The van der Waals surface area contributed by atoms with Crippen molar-refractivity contribution in [3.8, 4) is 10.6 Å². The number of methoxy groups -OCH3 is 1. The first-order valence-corrected chi connectivity index (χ1v) is 9.80. The van der Waals surface area contributed by atoms with Crippen LogP contribution in [0.2, 0.25) is 0 Å². The maximum absolute atomic E-state index is 12.7. The van der Waals surface area contributed by atoms with Crippen LogP contribution in [0.4, 0.5) is 0 Å². The first-order chi connectivity index (χ1) is 12.5. The summed E-state index contributed by atoms with van der Waals surface area (Å²) in [5.41, 5.74) is 2.80. The molecule has 1 aliphatic heterocycles. The number of hydrogen-bond acceptors (Lipinski definition) is 5. The second kappa shape index (κ2) is 7.99. The molecule has 0 unspecified atom stereocenters. The predicted octanol–water partition coefficient (Wildman–Crippen LogP) is 3.96. The molecule has 138 valence electrons. The fourth-order valence-electron chi connectivity index (χ4n) is 3.16. The lowest BCUT2D eigenvalue weighted by molar-refractivity contribution is -0.146. The van der Waals surface area contributed by atoms with Gasteiger partial charge >= 0.3 is 5.97 Å². The summed E-state index contributed by atoms with van der Waals surface area (Å²) in [5.74, 6) is 0.146. The van der Waals surface area contributed by atoms with Crippen molar-refractivity contribution >= 4 is 23.2 Å². The van der Waals surface area contributed by atoms with Crippen LogP contribution in [0.5, 0.6) is 0 Å². The van der Waals surface area contributed by atoms with Crippen molar-refractivity contribution in [1.82, 2.24) is 9.88 Å². The van der Waals surface area contributed by atoms with Crippen molar-refractivity contribution in [3.63, 3.8) is 0 Å². The van der Waals surface area contributed by atoms with E-state index in [0.717, 1.165) is 10.6 Å². The summed E-state index contributed by atoms with van der Waals surface area (Å²) in [6.07, 6.45) is 1.29. The molecule has 0 saturated carbocycles. The third-order valence-corrected chi connectivity index (χ3v) is 5.76. The number of benzene rings is 1. The van der Waals surface area contributed by atoms with Crippen LogP contribution in [0, 0.1) is 5.92 Å². The van der Waals surface area contributed by atoms with Crippen molar-refractivity contribution < 1.29 is 14.3 Å². The highest BCUT2D eigenvalue weighted by molar-refractivity contribution is 7.13. The highest BCUT2D eigenvalue weighted by atomic mass is 32.1. The summed E-state index contributed by atoms with van der Waals surface area (Å²) in [7, 11) is 1.41. The van der Waals surface area contributed by atoms with E-state index in [-0.39, 0.29) is 17.8 Å². The number of carbonyl (C=O) groups excluding carboxylic acids is 2. The SMILES string of the molecule is COC(=O)C1CCN(C(=O)c2csc(-c3ccc(C(C)C)cc3)n2)CC1. The Labute approximate surface area is 158 Å². The Bertz CT molecular complexity index is 775. The largest absolute Gasteiger partial charge is 0.469 e. The minimum atomic E-state index is -0.183. The quantitative estimate of drug-likeness (QED) is 0.762. The molecule has 0 bridgehead atoms. The third-order valence-electron chi connectivity index (χ3n) is 4.86. The van der Waals surface area contributed by atoms with Gasteiger partial charge in [0.2, 0.25) is 0 Å². The van der Waals surface area contributed by atoms with Crippen LogP contribution in [-0.4, -0.2) is 42.0 Å². The van der Waals surface area contributed by atoms with Crippen molar-refractivity contribution in [3.05, 3.63) is 40.9 Å². The number of rotatable bonds is 4. The smallest absolute Gasteiger partial charge is 0.308 e. The maximum atomic E-state index is 12.7. The molecule has 0 spiro atoms. The highest BCUT2D eigenvalue weighted by Gasteiger charge is 2.29. The Morgan fingerprint density at radius 2 is 1.85 bits per heavy atom. The molecule has 1 saturated heterocycles. The van der Waals surface area contributed by atoms with Crippen molar-refractivity contribution in [2.75, 3.05) is 20.2 Å². The zero-order valence-corrected chi connectivity index (χ0v) is 16.2. The van der Waals surface area contributed by atoms with E-state index in [9.17, 15) is 9.59 Å². The van der Waals surface area contributed by atoms with Crippen LogP contribution in [0.25, 0.3) is 10.6 Å². The van der Waals surface area contributed by atoms with Gasteiger partial charge in [0.1, 0.15) is 10.7 Å². The number of amides is 1. The van der Waals surface area contributed by atoms with Gasteiger partial charge in [-0.2, -0.15) is 0 Å². The first kappa shape index (κ1) is 18.6. The Morgan fingerprint density at radius 1 is 1.19 bits per heavy atom. The molecule has 1 aromatic heterocycles. The minimum Gasteiger partial charge on any atom is -0.469 e. The first-order valence-electron chi connectivity index (χ1n) is 8.92. The van der Waals surface area contributed by atoms with E-state index in [1.165, 1.54) is 24.0 Å².